The van der Waals surface area contributed by atoms with Gasteiger partial charge in [-0.05, 0) is 25.1 Å². The van der Waals surface area contributed by atoms with Gasteiger partial charge in [-0.2, -0.15) is 0 Å². The lowest BCUT2D eigenvalue weighted by Crippen LogP contribution is -3.12. The number of carbonyl (C=O) groups excluding carboxylic acids is 2. The first-order valence-corrected chi connectivity index (χ1v) is 10.2. The fourth-order valence-corrected chi connectivity index (χ4v) is 3.83. The van der Waals surface area contributed by atoms with Crippen LogP contribution in [0.15, 0.2) is 58.3 Å². The fourth-order valence-electron chi connectivity index (χ4n) is 3.83. The van der Waals surface area contributed by atoms with E-state index < -0.39 is 18.0 Å². The standard InChI is InChI=1S/C22H24FN3O4/c1-2-29-21(27)19-17(24-22(28)25-20(19)18-8-5-11-30-18)13-26(15-9-10-15)12-14-6-3-4-7-16(14)23/h3-8,11,15,20H,2,9-10,12-13H2,1H3,(H2,24,25,28)/p+1/t20-/m1/s1. The number of carbonyl (C=O) groups is 2. The highest BCUT2D eigenvalue weighted by Gasteiger charge is 2.40. The average Bonchev–Trinajstić information content (AvgIpc) is 3.42. The van der Waals surface area contributed by atoms with Crippen molar-refractivity contribution in [3.8, 4) is 0 Å². The van der Waals surface area contributed by atoms with E-state index in [0.717, 1.165) is 17.7 Å². The van der Waals surface area contributed by atoms with Crippen LogP contribution in [0.25, 0.3) is 0 Å². The van der Waals surface area contributed by atoms with Gasteiger partial charge in [0.05, 0.1) is 30.2 Å². The van der Waals surface area contributed by atoms with Gasteiger partial charge >= 0.3 is 12.0 Å². The van der Waals surface area contributed by atoms with Crippen LogP contribution in [0.1, 0.15) is 37.1 Å². The Kier molecular flexibility index (Phi) is 5.85. The van der Waals surface area contributed by atoms with Crippen molar-refractivity contribution in [2.75, 3.05) is 13.2 Å². The molecule has 0 radical (unpaired) electrons. The number of nitrogens with one attached hydrogen (secondary N) is 3. The molecule has 1 aromatic carbocycles. The van der Waals surface area contributed by atoms with E-state index in [-0.39, 0.29) is 12.4 Å². The Hall–Kier alpha value is -3.13. The maximum atomic E-state index is 14.2. The molecule has 1 saturated carbocycles. The van der Waals surface area contributed by atoms with E-state index in [9.17, 15) is 14.0 Å². The topological polar surface area (TPSA) is 85.0 Å². The van der Waals surface area contributed by atoms with Gasteiger partial charge in [0.25, 0.3) is 0 Å². The van der Waals surface area contributed by atoms with Crippen molar-refractivity contribution in [3.05, 3.63) is 71.1 Å². The van der Waals surface area contributed by atoms with Crippen LogP contribution in [0.2, 0.25) is 0 Å². The lowest BCUT2D eigenvalue weighted by atomic mass is 9.99. The van der Waals surface area contributed by atoms with Crippen LogP contribution >= 0.6 is 0 Å². The van der Waals surface area contributed by atoms with Gasteiger partial charge in [-0.3, -0.25) is 0 Å². The van der Waals surface area contributed by atoms with Gasteiger partial charge in [-0.15, -0.1) is 0 Å². The molecule has 4 rings (SSSR count). The van der Waals surface area contributed by atoms with Gasteiger partial charge in [-0.25, -0.2) is 14.0 Å². The Morgan fingerprint density at radius 2 is 2.03 bits per heavy atom. The molecule has 3 N–H and O–H groups in total. The van der Waals surface area contributed by atoms with Gasteiger partial charge in [0, 0.05) is 18.4 Å². The second-order valence-corrected chi connectivity index (χ2v) is 7.54. The first kappa shape index (κ1) is 20.2. The third kappa shape index (κ3) is 4.38. The van der Waals surface area contributed by atoms with Crippen LogP contribution in [0.5, 0.6) is 0 Å². The number of hydrogen-bond acceptors (Lipinski definition) is 4. The fraction of sp³-hybridized carbons (Fsp3) is 0.364. The maximum absolute atomic E-state index is 14.2. The number of urea groups is 1. The third-order valence-electron chi connectivity index (χ3n) is 5.41. The number of furan rings is 1. The van der Waals surface area contributed by atoms with Crippen molar-refractivity contribution in [1.82, 2.24) is 10.6 Å². The summed E-state index contributed by atoms with van der Waals surface area (Å²) in [5.74, 6) is -0.312. The first-order chi connectivity index (χ1) is 14.6. The predicted molar refractivity (Wildman–Crippen MR) is 106 cm³/mol. The smallest absolute Gasteiger partial charge is 0.338 e. The zero-order chi connectivity index (χ0) is 21.1. The molecule has 2 aromatic rings. The number of esters is 1. The normalized spacial score (nSPS) is 19.8. The predicted octanol–water partition coefficient (Wildman–Crippen LogP) is 1.84. The molecule has 0 saturated heterocycles. The van der Waals surface area contributed by atoms with Crippen LogP contribution in [0.3, 0.4) is 0 Å². The molecule has 2 heterocycles. The molecule has 1 fully saturated rings. The molecule has 158 valence electrons. The zero-order valence-electron chi connectivity index (χ0n) is 16.7. The third-order valence-corrected chi connectivity index (χ3v) is 5.41. The maximum Gasteiger partial charge on any atom is 0.338 e. The Morgan fingerprint density at radius 1 is 1.23 bits per heavy atom. The highest BCUT2D eigenvalue weighted by Crippen LogP contribution is 2.28. The summed E-state index contributed by atoms with van der Waals surface area (Å²) in [5.41, 5.74) is 1.41. The van der Waals surface area contributed by atoms with Crippen molar-refractivity contribution in [2.45, 2.75) is 38.4 Å². The number of quaternary nitrogens is 1. The van der Waals surface area contributed by atoms with Crippen LogP contribution in [-0.4, -0.2) is 31.2 Å². The minimum absolute atomic E-state index is 0.211. The van der Waals surface area contributed by atoms with E-state index >= 15 is 0 Å². The molecule has 1 aliphatic carbocycles. The molecule has 2 atom stereocenters. The van der Waals surface area contributed by atoms with Gasteiger partial charge in [-0.1, -0.05) is 18.2 Å². The number of hydrogen-bond donors (Lipinski definition) is 3. The molecule has 30 heavy (non-hydrogen) atoms. The van der Waals surface area contributed by atoms with E-state index in [1.165, 1.54) is 12.3 Å². The Balaban J connectivity index is 1.68. The van der Waals surface area contributed by atoms with E-state index in [2.05, 4.69) is 10.6 Å². The molecule has 0 bridgehead atoms. The number of benzene rings is 1. The van der Waals surface area contributed by atoms with Crippen LogP contribution in [0, 0.1) is 5.82 Å². The Morgan fingerprint density at radius 3 is 2.70 bits per heavy atom. The highest BCUT2D eigenvalue weighted by molar-refractivity contribution is 5.95. The molecule has 8 heteroatoms. The summed E-state index contributed by atoms with van der Waals surface area (Å²) in [6.45, 7) is 2.78. The van der Waals surface area contributed by atoms with Crippen LogP contribution < -0.4 is 15.5 Å². The minimum atomic E-state index is -0.739. The summed E-state index contributed by atoms with van der Waals surface area (Å²) in [6.07, 6.45) is 3.55. The second kappa shape index (κ2) is 8.71. The molecule has 2 amide bonds. The first-order valence-electron chi connectivity index (χ1n) is 10.2. The van der Waals surface area contributed by atoms with E-state index in [0.29, 0.717) is 41.7 Å². The zero-order valence-corrected chi connectivity index (χ0v) is 16.7. The van der Waals surface area contributed by atoms with Crippen LogP contribution in [-0.2, 0) is 16.1 Å². The summed E-state index contributed by atoms with van der Waals surface area (Å²) in [4.78, 5) is 26.3. The van der Waals surface area contributed by atoms with Gasteiger partial charge < -0.3 is 24.7 Å². The number of halogens is 1. The Labute approximate surface area is 173 Å². The molecule has 1 aromatic heterocycles. The van der Waals surface area contributed by atoms with E-state index in [1.54, 1.807) is 31.2 Å². The molecule has 1 unspecified atom stereocenters. The molecule has 0 spiro atoms. The van der Waals surface area contributed by atoms with Crippen molar-refractivity contribution in [3.63, 3.8) is 0 Å². The largest absolute Gasteiger partial charge is 0.467 e. The molecular formula is C22H25FN3O4+. The quantitative estimate of drug-likeness (QED) is 0.576. The Bertz CT molecular complexity index is 953. The highest BCUT2D eigenvalue weighted by atomic mass is 19.1. The molecule has 1 aliphatic heterocycles. The van der Waals surface area contributed by atoms with Gasteiger partial charge in [0.1, 0.15) is 30.7 Å². The lowest BCUT2D eigenvalue weighted by Gasteiger charge is -2.30. The summed E-state index contributed by atoms with van der Waals surface area (Å²) in [5, 5.41) is 5.53. The van der Waals surface area contributed by atoms with Crippen molar-refractivity contribution in [1.29, 1.82) is 0 Å². The monoisotopic (exact) mass is 414 g/mol. The van der Waals surface area contributed by atoms with E-state index in [1.807, 2.05) is 6.07 Å². The number of amides is 2. The summed E-state index contributed by atoms with van der Waals surface area (Å²) in [6, 6.07) is 9.30. The summed E-state index contributed by atoms with van der Waals surface area (Å²) in [7, 11) is 0. The number of ether oxygens (including phenoxy) is 1. The molecule has 7 nitrogen and oxygen atoms in total. The SMILES string of the molecule is CCOC(=O)C1=C(C[NH+](Cc2ccccc2F)C2CC2)NC(=O)N[C@@H]1c1ccco1. The summed E-state index contributed by atoms with van der Waals surface area (Å²) < 4.78 is 25.0. The summed E-state index contributed by atoms with van der Waals surface area (Å²) >= 11 is 0. The van der Waals surface area contributed by atoms with Gasteiger partial charge in [0.15, 0.2) is 0 Å². The lowest BCUT2D eigenvalue weighted by molar-refractivity contribution is -0.920. The van der Waals surface area contributed by atoms with Crippen molar-refractivity contribution in [2.24, 2.45) is 0 Å². The van der Waals surface area contributed by atoms with Gasteiger partial charge in [0.2, 0.25) is 0 Å². The van der Waals surface area contributed by atoms with Crippen molar-refractivity contribution < 1.29 is 28.0 Å². The van der Waals surface area contributed by atoms with E-state index in [4.69, 9.17) is 9.15 Å². The second-order valence-electron chi connectivity index (χ2n) is 7.54. The molecule has 2 aliphatic rings. The molecular weight excluding hydrogens is 389 g/mol. The van der Waals surface area contributed by atoms with Crippen molar-refractivity contribution >= 4 is 12.0 Å². The number of rotatable bonds is 8. The van der Waals surface area contributed by atoms with Crippen LogP contribution in [0.4, 0.5) is 9.18 Å². The average molecular weight is 414 g/mol. The minimum Gasteiger partial charge on any atom is -0.467 e.